The van der Waals surface area contributed by atoms with E-state index in [0.717, 1.165) is 0 Å². The zero-order valence-corrected chi connectivity index (χ0v) is 11.6. The van der Waals surface area contributed by atoms with Gasteiger partial charge in [0.15, 0.2) is 0 Å². The zero-order chi connectivity index (χ0) is 15.4. The lowest BCUT2D eigenvalue weighted by Crippen LogP contribution is -2.44. The van der Waals surface area contributed by atoms with Crippen LogP contribution in [0.4, 0.5) is 0 Å². The molecule has 0 heterocycles. The number of rotatable bonds is 6. The molecule has 20 heavy (non-hydrogen) atoms. The van der Waals surface area contributed by atoms with Gasteiger partial charge in [0, 0.05) is 0 Å². The maximum Gasteiger partial charge on any atom is 0.358 e. The molecule has 0 aromatic heterocycles. The van der Waals surface area contributed by atoms with Gasteiger partial charge in [-0.05, 0) is 12.0 Å². The van der Waals surface area contributed by atoms with Crippen LogP contribution in [0.5, 0.6) is 0 Å². The third-order valence-electron chi connectivity index (χ3n) is 2.67. The number of hydrogen-bond donors (Lipinski definition) is 3. The summed E-state index contributed by atoms with van der Waals surface area (Å²) in [7, 11) is -5.36. The average molecular weight is 302 g/mol. The topological polar surface area (TPSA) is 121 Å². The van der Waals surface area contributed by atoms with E-state index < -0.39 is 24.7 Å². The Morgan fingerprint density at radius 1 is 1.25 bits per heavy atom. The average Bonchev–Trinajstić information content (AvgIpc) is 2.36. The van der Waals surface area contributed by atoms with Gasteiger partial charge in [0.2, 0.25) is 0 Å². The highest BCUT2D eigenvalue weighted by molar-refractivity contribution is 7.55. The molecule has 7 nitrogen and oxygen atoms in total. The van der Waals surface area contributed by atoms with Gasteiger partial charge in [0.25, 0.3) is 5.16 Å². The van der Waals surface area contributed by atoms with Gasteiger partial charge in [-0.3, -0.25) is 4.57 Å². The molecule has 0 radical (unpaired) electrons. The van der Waals surface area contributed by atoms with Gasteiger partial charge in [-0.2, -0.15) is 0 Å². The highest BCUT2D eigenvalue weighted by Gasteiger charge is 2.63. The Bertz CT molecular complexity index is 536. The van der Waals surface area contributed by atoms with Crippen LogP contribution in [0.1, 0.15) is 18.9 Å². The molecule has 1 aromatic rings. The molecule has 0 saturated heterocycles. The van der Waals surface area contributed by atoms with Crippen LogP contribution in [0.15, 0.2) is 30.3 Å². The van der Waals surface area contributed by atoms with Gasteiger partial charge in [-0.25, -0.2) is 9.59 Å². The molecule has 1 atom stereocenters. The molecule has 1 unspecified atom stereocenters. The first-order valence-electron chi connectivity index (χ1n) is 5.80. The van der Waals surface area contributed by atoms with Crippen molar-refractivity contribution < 1.29 is 33.8 Å². The van der Waals surface area contributed by atoms with Gasteiger partial charge < -0.3 is 19.6 Å². The van der Waals surface area contributed by atoms with Crippen LogP contribution in [0.2, 0.25) is 0 Å². The minimum absolute atomic E-state index is 0.124. The fourth-order valence-corrected chi connectivity index (χ4v) is 2.76. The molecule has 0 aliphatic heterocycles. The summed E-state index contributed by atoms with van der Waals surface area (Å²) in [6.45, 7) is 1.55. The summed E-state index contributed by atoms with van der Waals surface area (Å²) in [6.07, 6.45) is 0.400. The number of ether oxygens (including phenoxy) is 1. The Hall–Kier alpha value is -1.69. The van der Waals surface area contributed by atoms with Crippen LogP contribution in [-0.2, 0) is 24.0 Å². The van der Waals surface area contributed by atoms with E-state index in [1.165, 1.54) is 30.3 Å². The smallest absolute Gasteiger partial charge is 0.358 e. The molecular weight excluding hydrogens is 287 g/mol. The highest BCUT2D eigenvalue weighted by Crippen LogP contribution is 2.57. The summed E-state index contributed by atoms with van der Waals surface area (Å²) >= 11 is 0. The summed E-state index contributed by atoms with van der Waals surface area (Å²) < 4.78 is 16.4. The number of carboxylic acids is 1. The van der Waals surface area contributed by atoms with Crippen molar-refractivity contribution in [2.24, 2.45) is 0 Å². The van der Waals surface area contributed by atoms with Crippen molar-refractivity contribution in [2.75, 3.05) is 6.61 Å². The summed E-state index contributed by atoms with van der Waals surface area (Å²) in [4.78, 5) is 42.4. The number of esters is 1. The van der Waals surface area contributed by atoms with Crippen molar-refractivity contribution in [3.05, 3.63) is 35.9 Å². The number of carbonyl (C=O) groups excluding carboxylic acids is 1. The van der Waals surface area contributed by atoms with Crippen molar-refractivity contribution in [1.29, 1.82) is 0 Å². The van der Waals surface area contributed by atoms with Crippen LogP contribution in [0.25, 0.3) is 0 Å². The fraction of sp³-hybridized carbons (Fsp3) is 0.333. The van der Waals surface area contributed by atoms with Crippen LogP contribution in [-0.4, -0.2) is 33.4 Å². The second-order valence-corrected chi connectivity index (χ2v) is 5.82. The lowest BCUT2D eigenvalue weighted by Gasteiger charge is -2.28. The summed E-state index contributed by atoms with van der Waals surface area (Å²) in [5.41, 5.74) is -0.318. The monoisotopic (exact) mass is 302 g/mol. The standard InChI is InChI=1S/C12H15O7P/c1-2-8-19-11(15)12(10(13)14,20(16,17)18)9-6-4-3-5-7-9/h3-7H,2,8H2,1H3,(H,13,14)(H2,16,17,18). The Kier molecular flexibility index (Phi) is 5.05. The summed E-state index contributed by atoms with van der Waals surface area (Å²) in [5.74, 6) is -3.41. The fourth-order valence-electron chi connectivity index (χ4n) is 1.72. The van der Waals surface area contributed by atoms with Gasteiger partial charge >= 0.3 is 19.5 Å². The van der Waals surface area contributed by atoms with E-state index in [2.05, 4.69) is 4.74 Å². The molecule has 0 aliphatic rings. The molecule has 0 saturated carbocycles. The molecule has 0 amide bonds. The predicted octanol–water partition coefficient (Wildman–Crippen LogP) is 1.10. The Balaban J connectivity index is 3.50. The first kappa shape index (κ1) is 16.4. The largest absolute Gasteiger partial charge is 0.480 e. The SMILES string of the molecule is CCCOC(=O)C(C(=O)O)(c1ccccc1)P(=O)(O)O. The number of carboxylic acid groups (broad SMARTS) is 1. The third kappa shape index (κ3) is 2.75. The Morgan fingerprint density at radius 3 is 2.20 bits per heavy atom. The first-order valence-corrected chi connectivity index (χ1v) is 7.41. The third-order valence-corrected chi connectivity index (χ3v) is 4.18. The zero-order valence-electron chi connectivity index (χ0n) is 10.7. The molecule has 110 valence electrons. The Labute approximate surface area is 115 Å². The van der Waals surface area contributed by atoms with Crippen molar-refractivity contribution in [1.82, 2.24) is 0 Å². The number of carbonyl (C=O) groups is 2. The molecule has 3 N–H and O–H groups in total. The molecule has 8 heteroatoms. The van der Waals surface area contributed by atoms with E-state index in [1.54, 1.807) is 6.92 Å². The van der Waals surface area contributed by atoms with Gasteiger partial charge in [-0.1, -0.05) is 37.3 Å². The van der Waals surface area contributed by atoms with E-state index in [0.29, 0.717) is 6.42 Å². The van der Waals surface area contributed by atoms with Crippen molar-refractivity contribution in [3.63, 3.8) is 0 Å². The van der Waals surface area contributed by atoms with Gasteiger partial charge in [0.05, 0.1) is 6.61 Å². The minimum atomic E-state index is -5.36. The van der Waals surface area contributed by atoms with Crippen LogP contribution in [0, 0.1) is 0 Å². The lowest BCUT2D eigenvalue weighted by molar-refractivity contribution is -0.157. The summed E-state index contributed by atoms with van der Waals surface area (Å²) in [6, 6.07) is 6.64. The first-order chi connectivity index (χ1) is 9.28. The number of aliphatic carboxylic acids is 1. The molecule has 0 bridgehead atoms. The van der Waals surface area contributed by atoms with Crippen LogP contribution in [0.3, 0.4) is 0 Å². The maximum atomic E-state index is 12.0. The molecule has 1 aromatic carbocycles. The second kappa shape index (κ2) is 6.17. The molecule has 0 aliphatic carbocycles. The van der Waals surface area contributed by atoms with Crippen LogP contribution >= 0.6 is 7.60 Å². The van der Waals surface area contributed by atoms with E-state index in [4.69, 9.17) is 0 Å². The normalized spacial score (nSPS) is 14.3. The molecule has 0 spiro atoms. The van der Waals surface area contributed by atoms with E-state index in [1.807, 2.05) is 0 Å². The Morgan fingerprint density at radius 2 is 1.80 bits per heavy atom. The van der Waals surface area contributed by atoms with Crippen molar-refractivity contribution in [2.45, 2.75) is 18.5 Å². The molecule has 0 fully saturated rings. The lowest BCUT2D eigenvalue weighted by atomic mass is 9.98. The predicted molar refractivity (Wildman–Crippen MR) is 69.0 cm³/mol. The van der Waals surface area contributed by atoms with Gasteiger partial charge in [0.1, 0.15) is 0 Å². The van der Waals surface area contributed by atoms with Crippen LogP contribution < -0.4 is 0 Å². The molecule has 1 rings (SSSR count). The quantitative estimate of drug-likeness (QED) is 0.408. The maximum absolute atomic E-state index is 12.0. The summed E-state index contributed by atoms with van der Waals surface area (Å²) in [5, 5.41) is 6.25. The van der Waals surface area contributed by atoms with Crippen molar-refractivity contribution in [3.8, 4) is 0 Å². The molecular formula is C12H15O7P. The number of benzene rings is 1. The second-order valence-electron chi connectivity index (χ2n) is 4.06. The minimum Gasteiger partial charge on any atom is -0.480 e. The van der Waals surface area contributed by atoms with E-state index in [9.17, 15) is 29.0 Å². The number of hydrogen-bond acceptors (Lipinski definition) is 4. The van der Waals surface area contributed by atoms with Crippen molar-refractivity contribution >= 4 is 19.5 Å². The highest BCUT2D eigenvalue weighted by atomic mass is 31.2. The van der Waals surface area contributed by atoms with Gasteiger partial charge in [-0.15, -0.1) is 0 Å². The van der Waals surface area contributed by atoms with E-state index in [-0.39, 0.29) is 12.2 Å². The van der Waals surface area contributed by atoms with E-state index >= 15 is 0 Å².